The number of ether oxygens (including phenoxy) is 2. The fourth-order valence-electron chi connectivity index (χ4n) is 1.84. The molecule has 2 rings (SSSR count). The third-order valence-electron chi connectivity index (χ3n) is 2.59. The van der Waals surface area contributed by atoms with E-state index in [0.717, 1.165) is 0 Å². The van der Waals surface area contributed by atoms with Crippen molar-refractivity contribution in [1.82, 2.24) is 0 Å². The second kappa shape index (κ2) is 3.52. The molecule has 0 radical (unpaired) electrons. The lowest BCUT2D eigenvalue weighted by molar-refractivity contribution is 0.0534. The van der Waals surface area contributed by atoms with Crippen LogP contribution < -0.4 is 0 Å². The van der Waals surface area contributed by atoms with Crippen LogP contribution in [-0.4, -0.2) is 24.2 Å². The zero-order valence-electron chi connectivity index (χ0n) is 8.86. The molecule has 1 N–H and O–H groups in total. The van der Waals surface area contributed by atoms with Gasteiger partial charge in [0.05, 0.1) is 12.7 Å². The van der Waals surface area contributed by atoms with Crippen LogP contribution in [0.3, 0.4) is 0 Å². The van der Waals surface area contributed by atoms with E-state index in [1.165, 1.54) is 13.2 Å². The number of phenolic OH excluding ortho intramolecular Hbond substituents is 1. The predicted octanol–water partition coefficient (Wildman–Crippen LogP) is 1.16. The number of carbonyl (C=O) groups is 2. The summed E-state index contributed by atoms with van der Waals surface area (Å²) in [7, 11) is 1.22. The van der Waals surface area contributed by atoms with Crippen molar-refractivity contribution in [3.8, 4) is 5.75 Å². The summed E-state index contributed by atoms with van der Waals surface area (Å²) >= 11 is 0. The minimum Gasteiger partial charge on any atom is -0.507 e. The number of esters is 2. The van der Waals surface area contributed by atoms with Crippen molar-refractivity contribution in [2.45, 2.75) is 13.5 Å². The summed E-state index contributed by atoms with van der Waals surface area (Å²) in [5.41, 5.74) is 1.34. The number of fused-ring (bicyclic) bond motifs is 1. The van der Waals surface area contributed by atoms with Gasteiger partial charge in [-0.25, -0.2) is 9.59 Å². The van der Waals surface area contributed by atoms with E-state index in [9.17, 15) is 14.7 Å². The Morgan fingerprint density at radius 1 is 1.56 bits per heavy atom. The fraction of sp³-hybridized carbons (Fsp3) is 0.273. The molecule has 1 aromatic rings. The molecule has 1 aliphatic heterocycles. The first-order chi connectivity index (χ1) is 7.56. The van der Waals surface area contributed by atoms with Gasteiger partial charge in [0, 0.05) is 5.56 Å². The van der Waals surface area contributed by atoms with Crippen molar-refractivity contribution in [2.24, 2.45) is 0 Å². The van der Waals surface area contributed by atoms with E-state index in [0.29, 0.717) is 16.7 Å². The van der Waals surface area contributed by atoms with Crippen LogP contribution in [0.2, 0.25) is 0 Å². The molecule has 0 aliphatic carbocycles. The molecule has 0 spiro atoms. The van der Waals surface area contributed by atoms with Crippen LogP contribution in [0.4, 0.5) is 0 Å². The van der Waals surface area contributed by atoms with Gasteiger partial charge < -0.3 is 14.6 Å². The molecule has 5 heteroatoms. The zero-order valence-corrected chi connectivity index (χ0v) is 8.86. The largest absolute Gasteiger partial charge is 0.507 e. The smallest absolute Gasteiger partial charge is 0.341 e. The number of rotatable bonds is 1. The van der Waals surface area contributed by atoms with Gasteiger partial charge in [-0.2, -0.15) is 0 Å². The van der Waals surface area contributed by atoms with Crippen molar-refractivity contribution < 1.29 is 24.2 Å². The Kier molecular flexibility index (Phi) is 2.30. The van der Waals surface area contributed by atoms with E-state index in [4.69, 9.17) is 4.74 Å². The Bertz CT molecular complexity index is 490. The van der Waals surface area contributed by atoms with Gasteiger partial charge in [-0.05, 0) is 18.6 Å². The number of methoxy groups -OCH3 is 1. The molecule has 0 unspecified atom stereocenters. The molecule has 1 aromatic carbocycles. The van der Waals surface area contributed by atoms with Crippen molar-refractivity contribution in [2.75, 3.05) is 7.11 Å². The summed E-state index contributed by atoms with van der Waals surface area (Å²) in [6.07, 6.45) is 0. The standard InChI is InChI=1S/C11H10O5/c1-5-8-6(4-16-11(8)14)3-7(12)9(5)10(13)15-2/h3,12H,4H2,1-2H3. The molecule has 0 fully saturated rings. The Morgan fingerprint density at radius 3 is 2.88 bits per heavy atom. The number of cyclic esters (lactones) is 1. The molecule has 0 aromatic heterocycles. The molecule has 0 atom stereocenters. The van der Waals surface area contributed by atoms with E-state index in [1.807, 2.05) is 0 Å². The van der Waals surface area contributed by atoms with E-state index in [1.54, 1.807) is 6.92 Å². The molecule has 0 saturated carbocycles. The molecule has 5 nitrogen and oxygen atoms in total. The molecule has 16 heavy (non-hydrogen) atoms. The lowest BCUT2D eigenvalue weighted by Gasteiger charge is -2.08. The van der Waals surface area contributed by atoms with Gasteiger partial charge in [-0.15, -0.1) is 0 Å². The molecule has 0 saturated heterocycles. The average Bonchev–Trinajstić information content (AvgIpc) is 2.59. The van der Waals surface area contributed by atoms with Crippen LogP contribution >= 0.6 is 0 Å². The van der Waals surface area contributed by atoms with Crippen LogP contribution in [0.1, 0.15) is 31.8 Å². The van der Waals surface area contributed by atoms with Gasteiger partial charge >= 0.3 is 11.9 Å². The van der Waals surface area contributed by atoms with Crippen LogP contribution in [0.15, 0.2) is 6.07 Å². The highest BCUT2D eigenvalue weighted by Gasteiger charge is 2.29. The van der Waals surface area contributed by atoms with Crippen molar-refractivity contribution in [1.29, 1.82) is 0 Å². The third kappa shape index (κ3) is 1.32. The summed E-state index contributed by atoms with van der Waals surface area (Å²) in [6, 6.07) is 1.36. The summed E-state index contributed by atoms with van der Waals surface area (Å²) in [5.74, 6) is -1.34. The van der Waals surface area contributed by atoms with Crippen molar-refractivity contribution in [3.63, 3.8) is 0 Å². The molecular formula is C11H10O5. The number of carbonyl (C=O) groups excluding carboxylic acids is 2. The zero-order chi connectivity index (χ0) is 11.9. The number of aromatic hydroxyl groups is 1. The number of hydrogen-bond donors (Lipinski definition) is 1. The summed E-state index contributed by atoms with van der Waals surface area (Å²) < 4.78 is 9.37. The monoisotopic (exact) mass is 222 g/mol. The maximum atomic E-state index is 11.4. The van der Waals surface area contributed by atoms with Crippen molar-refractivity contribution in [3.05, 3.63) is 28.3 Å². The normalized spacial score (nSPS) is 13.2. The molecule has 0 bridgehead atoms. The van der Waals surface area contributed by atoms with Crippen LogP contribution in [0, 0.1) is 6.92 Å². The van der Waals surface area contributed by atoms with Gasteiger partial charge in [0.15, 0.2) is 0 Å². The minimum absolute atomic E-state index is 0.0140. The predicted molar refractivity (Wildman–Crippen MR) is 53.3 cm³/mol. The number of benzene rings is 1. The maximum absolute atomic E-state index is 11.4. The van der Waals surface area contributed by atoms with Gasteiger partial charge in [0.25, 0.3) is 0 Å². The molecule has 84 valence electrons. The minimum atomic E-state index is -0.669. The molecule has 1 heterocycles. The molecular weight excluding hydrogens is 212 g/mol. The van der Waals surface area contributed by atoms with E-state index in [-0.39, 0.29) is 17.9 Å². The van der Waals surface area contributed by atoms with Gasteiger partial charge in [-0.3, -0.25) is 0 Å². The van der Waals surface area contributed by atoms with E-state index >= 15 is 0 Å². The number of hydrogen-bond acceptors (Lipinski definition) is 5. The fourth-order valence-corrected chi connectivity index (χ4v) is 1.84. The average molecular weight is 222 g/mol. The lowest BCUT2D eigenvalue weighted by Crippen LogP contribution is -2.08. The highest BCUT2D eigenvalue weighted by Crippen LogP contribution is 2.32. The van der Waals surface area contributed by atoms with Gasteiger partial charge in [-0.1, -0.05) is 0 Å². The van der Waals surface area contributed by atoms with Gasteiger partial charge in [0.2, 0.25) is 0 Å². The highest BCUT2D eigenvalue weighted by molar-refractivity contribution is 6.02. The highest BCUT2D eigenvalue weighted by atomic mass is 16.5. The Labute approximate surface area is 91.6 Å². The Balaban J connectivity index is 2.69. The van der Waals surface area contributed by atoms with Gasteiger partial charge in [0.1, 0.15) is 17.9 Å². The first-order valence-electron chi connectivity index (χ1n) is 4.67. The Morgan fingerprint density at radius 2 is 2.25 bits per heavy atom. The maximum Gasteiger partial charge on any atom is 0.341 e. The summed E-state index contributed by atoms with van der Waals surface area (Å²) in [4.78, 5) is 22.8. The summed E-state index contributed by atoms with van der Waals surface area (Å²) in [6.45, 7) is 1.71. The van der Waals surface area contributed by atoms with E-state index in [2.05, 4.69) is 4.74 Å². The molecule has 1 aliphatic rings. The second-order valence-corrected chi connectivity index (χ2v) is 3.50. The first-order valence-corrected chi connectivity index (χ1v) is 4.67. The topological polar surface area (TPSA) is 72.8 Å². The lowest BCUT2D eigenvalue weighted by atomic mass is 9.97. The third-order valence-corrected chi connectivity index (χ3v) is 2.59. The Hall–Kier alpha value is -2.04. The SMILES string of the molecule is COC(=O)c1c(O)cc2c(c1C)C(=O)OC2. The van der Waals surface area contributed by atoms with E-state index < -0.39 is 11.9 Å². The summed E-state index contributed by atoms with van der Waals surface area (Å²) in [5, 5.41) is 9.68. The van der Waals surface area contributed by atoms with Crippen LogP contribution in [0.25, 0.3) is 0 Å². The molecule has 0 amide bonds. The van der Waals surface area contributed by atoms with Crippen LogP contribution in [0.5, 0.6) is 5.75 Å². The quantitative estimate of drug-likeness (QED) is 0.722. The number of phenols is 1. The first kappa shape index (κ1) is 10.5. The van der Waals surface area contributed by atoms with Crippen LogP contribution in [-0.2, 0) is 16.1 Å². The second-order valence-electron chi connectivity index (χ2n) is 3.50. The van der Waals surface area contributed by atoms with Crippen molar-refractivity contribution >= 4 is 11.9 Å².